The van der Waals surface area contributed by atoms with E-state index in [0.29, 0.717) is 31.7 Å². The molecule has 0 saturated carbocycles. The third-order valence-corrected chi connectivity index (χ3v) is 4.15. The van der Waals surface area contributed by atoms with E-state index in [2.05, 4.69) is 6.92 Å². The molecule has 1 fully saturated rings. The number of amides is 2. The van der Waals surface area contributed by atoms with Crippen molar-refractivity contribution in [2.24, 2.45) is 5.73 Å². The third-order valence-electron chi connectivity index (χ3n) is 4.15. The maximum absolute atomic E-state index is 12.5. The van der Waals surface area contributed by atoms with Crippen molar-refractivity contribution in [3.8, 4) is 0 Å². The van der Waals surface area contributed by atoms with E-state index in [1.807, 2.05) is 24.3 Å². The summed E-state index contributed by atoms with van der Waals surface area (Å²) in [5.41, 5.74) is 7.68. The normalized spacial score (nSPS) is 15.6. The van der Waals surface area contributed by atoms with Crippen molar-refractivity contribution >= 4 is 24.2 Å². The van der Waals surface area contributed by atoms with Crippen LogP contribution < -0.4 is 5.73 Å². The summed E-state index contributed by atoms with van der Waals surface area (Å²) in [6.45, 7) is 4.37. The molecule has 2 amide bonds. The molecule has 1 aromatic carbocycles. The summed E-state index contributed by atoms with van der Waals surface area (Å²) < 4.78 is 4.91. The van der Waals surface area contributed by atoms with Gasteiger partial charge in [0, 0.05) is 38.9 Å². The molecular weight excluding hydrogens is 330 g/mol. The molecule has 7 heteroatoms. The highest BCUT2D eigenvalue weighted by molar-refractivity contribution is 5.94. The Kier molecular flexibility index (Phi) is 8.18. The van der Waals surface area contributed by atoms with E-state index in [1.165, 1.54) is 12.7 Å². The van der Waals surface area contributed by atoms with E-state index in [0.717, 1.165) is 6.42 Å². The summed E-state index contributed by atoms with van der Waals surface area (Å²) >= 11 is 0. The van der Waals surface area contributed by atoms with Gasteiger partial charge < -0.3 is 20.3 Å². The molecule has 1 aliphatic rings. The van der Waals surface area contributed by atoms with Gasteiger partial charge >= 0.3 is 0 Å². The van der Waals surface area contributed by atoms with Crippen molar-refractivity contribution in [3.63, 3.8) is 0 Å². The number of nitrogens with zero attached hydrogens (tertiary/aromatic N) is 2. The van der Waals surface area contributed by atoms with Crippen LogP contribution in [-0.2, 0) is 16.0 Å². The molecule has 1 saturated heterocycles. The molecule has 0 radical (unpaired) electrons. The Morgan fingerprint density at radius 2 is 1.67 bits per heavy atom. The van der Waals surface area contributed by atoms with Gasteiger partial charge in [0.25, 0.3) is 5.91 Å². The van der Waals surface area contributed by atoms with Crippen LogP contribution in [0.1, 0.15) is 22.8 Å². The van der Waals surface area contributed by atoms with Crippen molar-refractivity contribution in [3.05, 3.63) is 35.4 Å². The zero-order valence-corrected chi connectivity index (χ0v) is 15.1. The number of hydrogen-bond acceptors (Lipinski definition) is 4. The second-order valence-corrected chi connectivity index (χ2v) is 5.73. The fraction of sp³-hybridized carbons (Fsp3) is 0.529. The van der Waals surface area contributed by atoms with E-state index in [1.54, 1.807) is 9.80 Å². The number of rotatable bonds is 5. The van der Waals surface area contributed by atoms with E-state index in [-0.39, 0.29) is 30.8 Å². The number of piperazine rings is 1. The van der Waals surface area contributed by atoms with Crippen molar-refractivity contribution in [2.45, 2.75) is 19.4 Å². The largest absolute Gasteiger partial charge is 0.383 e. The first-order valence-corrected chi connectivity index (χ1v) is 7.98. The van der Waals surface area contributed by atoms with Crippen molar-refractivity contribution in [2.75, 3.05) is 39.9 Å². The number of carbonyl (C=O) groups is 2. The van der Waals surface area contributed by atoms with Gasteiger partial charge in [0.2, 0.25) is 5.91 Å². The lowest BCUT2D eigenvalue weighted by molar-refractivity contribution is -0.135. The van der Waals surface area contributed by atoms with Crippen LogP contribution in [0, 0.1) is 0 Å². The summed E-state index contributed by atoms with van der Waals surface area (Å²) in [6.07, 6.45) is 0.955. The highest BCUT2D eigenvalue weighted by atomic mass is 35.5. The monoisotopic (exact) mass is 355 g/mol. The second-order valence-electron chi connectivity index (χ2n) is 5.73. The Hall–Kier alpha value is -1.63. The first kappa shape index (κ1) is 20.4. The molecule has 2 rings (SSSR count). The highest BCUT2D eigenvalue weighted by Gasteiger charge is 2.27. The molecule has 1 unspecified atom stereocenters. The molecule has 0 bridgehead atoms. The van der Waals surface area contributed by atoms with Gasteiger partial charge in [0.05, 0.1) is 6.61 Å². The van der Waals surface area contributed by atoms with E-state index in [4.69, 9.17) is 10.5 Å². The van der Waals surface area contributed by atoms with Crippen LogP contribution in [0.4, 0.5) is 0 Å². The minimum atomic E-state index is -0.635. The number of carbonyl (C=O) groups excluding carboxylic acids is 2. The molecule has 1 aliphatic heterocycles. The average molecular weight is 356 g/mol. The highest BCUT2D eigenvalue weighted by Crippen LogP contribution is 2.11. The van der Waals surface area contributed by atoms with Gasteiger partial charge in [-0.3, -0.25) is 9.59 Å². The van der Waals surface area contributed by atoms with Crippen LogP contribution >= 0.6 is 12.4 Å². The summed E-state index contributed by atoms with van der Waals surface area (Å²) in [7, 11) is 1.52. The number of ether oxygens (including phenoxy) is 1. The van der Waals surface area contributed by atoms with Crippen LogP contribution in [0.5, 0.6) is 0 Å². The number of nitrogens with two attached hydrogens (primary N) is 1. The lowest BCUT2D eigenvalue weighted by Gasteiger charge is -2.35. The second kappa shape index (κ2) is 9.61. The Labute approximate surface area is 149 Å². The summed E-state index contributed by atoms with van der Waals surface area (Å²) in [5.74, 6) is -0.104. The fourth-order valence-corrected chi connectivity index (χ4v) is 2.68. The van der Waals surface area contributed by atoms with Crippen LogP contribution in [0.25, 0.3) is 0 Å². The SMILES string of the molecule is CCc1ccc(C(=O)N2CCN(C(=O)C(N)COC)CC2)cc1.Cl. The predicted octanol–water partition coefficient (Wildman–Crippen LogP) is 0.929. The van der Waals surface area contributed by atoms with E-state index in [9.17, 15) is 9.59 Å². The zero-order chi connectivity index (χ0) is 16.8. The summed E-state index contributed by atoms with van der Waals surface area (Å²) in [5, 5.41) is 0. The van der Waals surface area contributed by atoms with E-state index < -0.39 is 6.04 Å². The Balaban J connectivity index is 0.00000288. The van der Waals surface area contributed by atoms with Crippen LogP contribution in [0.2, 0.25) is 0 Å². The summed E-state index contributed by atoms with van der Waals surface area (Å²) in [4.78, 5) is 28.1. The molecule has 24 heavy (non-hydrogen) atoms. The number of halogens is 1. The Morgan fingerprint density at radius 1 is 1.12 bits per heavy atom. The topological polar surface area (TPSA) is 75.9 Å². The standard InChI is InChI=1S/C17H25N3O3.ClH/c1-3-13-4-6-14(7-5-13)16(21)19-8-10-20(11-9-19)17(22)15(18)12-23-2;/h4-7,15H,3,8-12,18H2,1-2H3;1H. The maximum Gasteiger partial charge on any atom is 0.253 e. The molecule has 6 nitrogen and oxygen atoms in total. The van der Waals surface area contributed by atoms with Crippen molar-refractivity contribution < 1.29 is 14.3 Å². The average Bonchev–Trinajstić information content (AvgIpc) is 2.61. The first-order valence-electron chi connectivity index (χ1n) is 7.98. The molecular formula is C17H26ClN3O3. The number of aryl methyl sites for hydroxylation is 1. The first-order chi connectivity index (χ1) is 11.1. The van der Waals surface area contributed by atoms with Crippen LogP contribution in [0.15, 0.2) is 24.3 Å². The van der Waals surface area contributed by atoms with Gasteiger partial charge in [-0.1, -0.05) is 19.1 Å². The number of benzene rings is 1. The van der Waals surface area contributed by atoms with Gasteiger partial charge in [-0.25, -0.2) is 0 Å². The maximum atomic E-state index is 12.5. The quantitative estimate of drug-likeness (QED) is 0.852. The fourth-order valence-electron chi connectivity index (χ4n) is 2.68. The van der Waals surface area contributed by atoms with Gasteiger partial charge in [-0.2, -0.15) is 0 Å². The predicted molar refractivity (Wildman–Crippen MR) is 95.4 cm³/mol. The number of methoxy groups -OCH3 is 1. The lowest BCUT2D eigenvalue weighted by Crippen LogP contribution is -2.55. The Morgan fingerprint density at radius 3 is 2.17 bits per heavy atom. The minimum Gasteiger partial charge on any atom is -0.383 e. The molecule has 0 spiro atoms. The smallest absolute Gasteiger partial charge is 0.253 e. The molecule has 134 valence electrons. The minimum absolute atomic E-state index is 0. The zero-order valence-electron chi connectivity index (χ0n) is 14.2. The summed E-state index contributed by atoms with van der Waals surface area (Å²) in [6, 6.07) is 7.07. The molecule has 1 aromatic rings. The van der Waals surface area contributed by atoms with Crippen LogP contribution in [0.3, 0.4) is 0 Å². The Bertz CT molecular complexity index is 543. The van der Waals surface area contributed by atoms with Crippen LogP contribution in [-0.4, -0.2) is 67.6 Å². The molecule has 1 heterocycles. The molecule has 1 atom stereocenters. The molecule has 0 aromatic heterocycles. The van der Waals surface area contributed by atoms with Crippen molar-refractivity contribution in [1.29, 1.82) is 0 Å². The molecule has 0 aliphatic carbocycles. The van der Waals surface area contributed by atoms with Gasteiger partial charge in [0.1, 0.15) is 6.04 Å². The van der Waals surface area contributed by atoms with Gasteiger partial charge in [-0.05, 0) is 24.1 Å². The third kappa shape index (κ3) is 4.93. The van der Waals surface area contributed by atoms with Gasteiger partial charge in [-0.15, -0.1) is 12.4 Å². The van der Waals surface area contributed by atoms with Gasteiger partial charge in [0.15, 0.2) is 0 Å². The molecule has 2 N–H and O–H groups in total. The van der Waals surface area contributed by atoms with Crippen molar-refractivity contribution in [1.82, 2.24) is 9.80 Å². The van der Waals surface area contributed by atoms with E-state index >= 15 is 0 Å². The lowest BCUT2D eigenvalue weighted by atomic mass is 10.1. The number of hydrogen-bond donors (Lipinski definition) is 1.